The third-order valence-corrected chi connectivity index (χ3v) is 19.6. The highest BCUT2D eigenvalue weighted by molar-refractivity contribution is 6.74. The molecule has 0 amide bonds. The number of carbonyl (C=O) groups is 1. The highest BCUT2D eigenvalue weighted by Gasteiger charge is 2.51. The smallest absolute Gasteiger partial charge is 0.305 e. The Kier molecular flexibility index (Phi) is 13.5. The maximum atomic E-state index is 16.7. The highest BCUT2D eigenvalue weighted by atomic mass is 28.4. The van der Waals surface area contributed by atoms with Crippen LogP contribution in [0.25, 0.3) is 0 Å². The molecule has 0 heterocycles. The average Bonchev–Trinajstić information content (AvgIpc) is 3.18. The van der Waals surface area contributed by atoms with Gasteiger partial charge < -0.3 is 18.7 Å². The molecule has 2 saturated carbocycles. The Morgan fingerprint density at radius 3 is 2.12 bits per heavy atom. The van der Waals surface area contributed by atoms with Crippen LogP contribution in [-0.4, -0.2) is 65.0 Å². The number of alkyl halides is 2. The van der Waals surface area contributed by atoms with Gasteiger partial charge in [0.2, 0.25) is 0 Å². The number of esters is 1. The van der Waals surface area contributed by atoms with Crippen LogP contribution in [0.15, 0.2) is 24.3 Å². The number of ether oxygens (including phenoxy) is 1. The first-order chi connectivity index (χ1) is 19.6. The summed E-state index contributed by atoms with van der Waals surface area (Å²) in [6.45, 7) is 21.6. The number of aliphatic hydroxyl groups excluding tert-OH is 1. The lowest BCUT2D eigenvalue weighted by Gasteiger charge is -2.44. The number of halogens is 2. The van der Waals surface area contributed by atoms with Crippen molar-refractivity contribution < 1.29 is 32.3 Å². The maximum absolute atomic E-state index is 16.7. The van der Waals surface area contributed by atoms with Crippen LogP contribution < -0.4 is 0 Å². The van der Waals surface area contributed by atoms with Gasteiger partial charge in [0.05, 0.1) is 25.4 Å². The van der Waals surface area contributed by atoms with Crippen LogP contribution >= 0.6 is 0 Å². The van der Waals surface area contributed by atoms with E-state index in [0.29, 0.717) is 32.1 Å². The molecule has 0 aromatic carbocycles. The average molecular weight is 645 g/mol. The molecule has 0 aromatic rings. The van der Waals surface area contributed by atoms with Gasteiger partial charge in [-0.1, -0.05) is 85.1 Å². The number of carbonyl (C=O) groups excluding carboxylic acids is 1. The van der Waals surface area contributed by atoms with E-state index in [-0.39, 0.29) is 28.6 Å². The van der Waals surface area contributed by atoms with Gasteiger partial charge in [0, 0.05) is 18.3 Å². The first-order valence-corrected chi connectivity index (χ1v) is 22.3. The lowest BCUT2D eigenvalue weighted by molar-refractivity contribution is -0.140. The topological polar surface area (TPSA) is 65.0 Å². The molecule has 0 saturated heterocycles. The van der Waals surface area contributed by atoms with Gasteiger partial charge >= 0.3 is 5.97 Å². The minimum Gasteiger partial charge on any atom is -0.469 e. The number of methoxy groups -OCH3 is 1. The Labute approximate surface area is 263 Å². The fourth-order valence-electron chi connectivity index (χ4n) is 5.70. The number of hydrogen-bond acceptors (Lipinski definition) is 5. The number of aliphatic hydroxyl groups is 1. The van der Waals surface area contributed by atoms with Crippen molar-refractivity contribution in [3.8, 4) is 0 Å². The SMILES string of the molecule is COC(=O)CCCC=CC(F)[C@H]1[C@@H](/C=C/C(O[Si](C)(C)C(C)(C)C)C2(F)CCCCC2)[C@H](O[Si](C)(C)C(C)(C)C)C[C@@H]1O. The molecular weight excluding hydrogens is 583 g/mol. The molecule has 0 aliphatic heterocycles. The number of allylic oxidation sites excluding steroid dienone is 2. The first-order valence-electron chi connectivity index (χ1n) is 16.4. The van der Waals surface area contributed by atoms with Gasteiger partial charge in [-0.3, -0.25) is 4.79 Å². The second kappa shape index (κ2) is 15.1. The van der Waals surface area contributed by atoms with E-state index < -0.39 is 52.5 Å². The maximum Gasteiger partial charge on any atom is 0.305 e. The summed E-state index contributed by atoms with van der Waals surface area (Å²) in [6, 6.07) is 0. The van der Waals surface area contributed by atoms with Crippen LogP contribution in [0.2, 0.25) is 36.3 Å². The fourth-order valence-corrected chi connectivity index (χ4v) is 8.34. The number of rotatable bonds is 13. The van der Waals surface area contributed by atoms with E-state index in [0.717, 1.165) is 19.3 Å². The molecule has 250 valence electrons. The molecule has 9 heteroatoms. The molecule has 6 atom stereocenters. The minimum absolute atomic E-state index is 0.0575. The van der Waals surface area contributed by atoms with Gasteiger partial charge in [0.1, 0.15) is 11.8 Å². The zero-order chi connectivity index (χ0) is 32.9. The van der Waals surface area contributed by atoms with Crippen molar-refractivity contribution in [2.24, 2.45) is 11.8 Å². The Morgan fingerprint density at radius 1 is 1.00 bits per heavy atom. The summed E-state index contributed by atoms with van der Waals surface area (Å²) in [4.78, 5) is 11.4. The lowest BCUT2D eigenvalue weighted by atomic mass is 9.81. The summed E-state index contributed by atoms with van der Waals surface area (Å²) in [5.41, 5.74) is -1.47. The normalized spacial score (nSPS) is 27.1. The summed E-state index contributed by atoms with van der Waals surface area (Å²) in [5, 5.41) is 11.1. The van der Waals surface area contributed by atoms with E-state index in [9.17, 15) is 9.90 Å². The van der Waals surface area contributed by atoms with Gasteiger partial charge in [-0.2, -0.15) is 0 Å². The van der Waals surface area contributed by atoms with Crippen LogP contribution in [0.5, 0.6) is 0 Å². The Hall–Kier alpha value is -0.876. The van der Waals surface area contributed by atoms with Crippen LogP contribution in [0.1, 0.15) is 99.3 Å². The van der Waals surface area contributed by atoms with Crippen LogP contribution in [-0.2, 0) is 18.4 Å². The largest absolute Gasteiger partial charge is 0.469 e. The van der Waals surface area contributed by atoms with Gasteiger partial charge in [0.25, 0.3) is 0 Å². The number of unbranched alkanes of at least 4 members (excludes halogenated alkanes) is 1. The summed E-state index contributed by atoms with van der Waals surface area (Å²) >= 11 is 0. The predicted octanol–water partition coefficient (Wildman–Crippen LogP) is 9.23. The zero-order valence-corrected chi connectivity index (χ0v) is 31.0. The molecule has 2 rings (SSSR count). The zero-order valence-electron chi connectivity index (χ0n) is 29.0. The van der Waals surface area contributed by atoms with Crippen LogP contribution in [0.4, 0.5) is 8.78 Å². The van der Waals surface area contributed by atoms with Crippen molar-refractivity contribution in [2.75, 3.05) is 7.11 Å². The van der Waals surface area contributed by atoms with Gasteiger partial charge in [-0.05, 0) is 68.4 Å². The third-order valence-electron chi connectivity index (χ3n) is 10.6. The molecule has 0 aromatic heterocycles. The van der Waals surface area contributed by atoms with Crippen molar-refractivity contribution in [3.63, 3.8) is 0 Å². The van der Waals surface area contributed by atoms with E-state index >= 15 is 8.78 Å². The summed E-state index contributed by atoms with van der Waals surface area (Å²) < 4.78 is 50.9. The van der Waals surface area contributed by atoms with Crippen molar-refractivity contribution in [1.29, 1.82) is 0 Å². The van der Waals surface area contributed by atoms with Gasteiger partial charge in [-0.15, -0.1) is 0 Å². The second-order valence-electron chi connectivity index (χ2n) is 16.0. The quantitative estimate of drug-likeness (QED) is 0.0937. The van der Waals surface area contributed by atoms with Crippen LogP contribution in [0.3, 0.4) is 0 Å². The molecule has 2 unspecified atom stereocenters. The van der Waals surface area contributed by atoms with Crippen molar-refractivity contribution >= 4 is 22.6 Å². The molecule has 5 nitrogen and oxygen atoms in total. The van der Waals surface area contributed by atoms with E-state index in [1.807, 2.05) is 12.2 Å². The third kappa shape index (κ3) is 10.3. The van der Waals surface area contributed by atoms with Gasteiger partial charge in [0.15, 0.2) is 16.6 Å². The van der Waals surface area contributed by atoms with E-state index in [1.165, 1.54) is 13.2 Å². The Bertz CT molecular complexity index is 947. The second-order valence-corrected chi connectivity index (χ2v) is 25.5. The Balaban J connectivity index is 2.44. The summed E-state index contributed by atoms with van der Waals surface area (Å²) in [5.74, 6) is -1.44. The molecule has 1 N–H and O–H groups in total. The first kappa shape index (κ1) is 38.3. The molecule has 43 heavy (non-hydrogen) atoms. The molecule has 2 fully saturated rings. The molecule has 2 aliphatic carbocycles. The summed E-state index contributed by atoms with van der Waals surface area (Å²) in [7, 11) is -3.22. The van der Waals surface area contributed by atoms with E-state index in [1.54, 1.807) is 6.08 Å². The van der Waals surface area contributed by atoms with Crippen LogP contribution in [0, 0.1) is 11.8 Å². The van der Waals surface area contributed by atoms with E-state index in [2.05, 4.69) is 72.5 Å². The fraction of sp³-hybridized carbons (Fsp3) is 0.853. The Morgan fingerprint density at radius 2 is 1.58 bits per heavy atom. The summed E-state index contributed by atoms with van der Waals surface area (Å²) in [6.07, 6.45) is 8.91. The van der Waals surface area contributed by atoms with Crippen molar-refractivity contribution in [3.05, 3.63) is 24.3 Å². The lowest BCUT2D eigenvalue weighted by Crippen LogP contribution is -2.50. The molecule has 0 spiro atoms. The minimum atomic E-state index is -2.33. The van der Waals surface area contributed by atoms with Crippen molar-refractivity contribution in [1.82, 2.24) is 0 Å². The molecule has 2 aliphatic rings. The number of hydrogen-bond donors (Lipinski definition) is 1. The van der Waals surface area contributed by atoms with Crippen molar-refractivity contribution in [2.45, 2.75) is 166 Å². The molecule has 0 radical (unpaired) electrons. The standard InChI is InChI=1S/C34H62F2O5Si2/c1-32(2,3)42(8,9)40-28-24-27(37)31(26(35)18-14-12-15-19-30(38)39-7)25(28)20-21-29(34(36)22-16-13-17-23-34)41-43(10,11)33(4,5)6/h14,18,20-21,25-29,31,37H,12-13,15-17,19,22-24H2,1-11H3/b18-14?,21-20+/t25-,26?,27-,28+,29?,31+/m0/s1. The highest BCUT2D eigenvalue weighted by Crippen LogP contribution is 2.47. The van der Waals surface area contributed by atoms with E-state index in [4.69, 9.17) is 8.85 Å². The predicted molar refractivity (Wildman–Crippen MR) is 178 cm³/mol. The molecule has 0 bridgehead atoms. The molecular formula is C34H62F2O5Si2. The van der Waals surface area contributed by atoms with Gasteiger partial charge in [-0.25, -0.2) is 8.78 Å². The monoisotopic (exact) mass is 644 g/mol.